The molecule has 0 fully saturated rings. The molecule has 0 unspecified atom stereocenters. The summed E-state index contributed by atoms with van der Waals surface area (Å²) >= 11 is 0. The van der Waals surface area contributed by atoms with Gasteiger partial charge < -0.3 is 20.5 Å². The summed E-state index contributed by atoms with van der Waals surface area (Å²) in [6.07, 6.45) is 2.01. The summed E-state index contributed by atoms with van der Waals surface area (Å²) in [5.41, 5.74) is 8.18. The number of nitrogens with two attached hydrogens (primary N) is 1. The highest BCUT2D eigenvalue weighted by molar-refractivity contribution is 6.26. The number of carbonyl (C=O) groups is 2. The smallest absolute Gasteiger partial charge is 0.213 e. The number of nitrogen functional groups attached to an aromatic ring is 1. The van der Waals surface area contributed by atoms with Gasteiger partial charge in [0, 0.05) is 18.3 Å². The molecule has 0 aliphatic heterocycles. The third-order valence-electron chi connectivity index (χ3n) is 4.27. The third kappa shape index (κ3) is 3.26. The van der Waals surface area contributed by atoms with Gasteiger partial charge in [0.2, 0.25) is 5.78 Å². The average Bonchev–Trinajstić information content (AvgIpc) is 2.66. The van der Waals surface area contributed by atoms with Crippen molar-refractivity contribution in [2.75, 3.05) is 26.5 Å². The van der Waals surface area contributed by atoms with Crippen LogP contribution in [0.3, 0.4) is 0 Å². The van der Waals surface area contributed by atoms with Crippen molar-refractivity contribution < 1.29 is 19.1 Å². The van der Waals surface area contributed by atoms with Crippen LogP contribution in [0.15, 0.2) is 48.2 Å². The Morgan fingerprint density at radius 1 is 0.923 bits per heavy atom. The highest BCUT2D eigenvalue weighted by atomic mass is 16.5. The van der Waals surface area contributed by atoms with Crippen molar-refractivity contribution in [3.8, 4) is 11.5 Å². The van der Waals surface area contributed by atoms with Crippen LogP contribution in [-0.4, -0.2) is 32.3 Å². The van der Waals surface area contributed by atoms with Crippen molar-refractivity contribution in [1.29, 1.82) is 0 Å². The van der Waals surface area contributed by atoms with E-state index >= 15 is 0 Å². The number of ketones is 2. The quantitative estimate of drug-likeness (QED) is 0.776. The fraction of sp³-hybridized carbons (Fsp3) is 0.200. The van der Waals surface area contributed by atoms with E-state index in [1.165, 1.54) is 20.3 Å². The van der Waals surface area contributed by atoms with Gasteiger partial charge in [0.25, 0.3) is 0 Å². The Labute approximate surface area is 151 Å². The number of benzene rings is 2. The highest BCUT2D eigenvalue weighted by Crippen LogP contribution is 2.35. The molecule has 0 aromatic heterocycles. The number of hydrogen-bond donors (Lipinski definition) is 2. The Hall–Kier alpha value is -3.28. The molecule has 0 atom stereocenters. The van der Waals surface area contributed by atoms with E-state index in [2.05, 4.69) is 5.32 Å². The topological polar surface area (TPSA) is 90.7 Å². The van der Waals surface area contributed by atoms with E-state index in [1.807, 2.05) is 24.3 Å². The second kappa shape index (κ2) is 7.31. The Morgan fingerprint density at radius 3 is 2.15 bits per heavy atom. The zero-order valence-electron chi connectivity index (χ0n) is 14.7. The minimum Gasteiger partial charge on any atom is -0.496 e. The Bertz CT molecular complexity index is 885. The maximum atomic E-state index is 12.9. The fourth-order valence-electron chi connectivity index (χ4n) is 2.94. The zero-order chi connectivity index (χ0) is 18.7. The van der Waals surface area contributed by atoms with Gasteiger partial charge in [-0.05, 0) is 36.2 Å². The van der Waals surface area contributed by atoms with E-state index in [4.69, 9.17) is 15.2 Å². The lowest BCUT2D eigenvalue weighted by Crippen LogP contribution is -2.29. The standard InChI is InChI=1S/C20H20N2O4/c1-25-16-7-8-17(26-2)19-18(16)15(23)11-14(20(19)24)22-10-9-12-3-5-13(21)6-4-12/h3-8,11,22H,9-10,21H2,1-2H3. The Kier molecular flexibility index (Phi) is 4.93. The van der Waals surface area contributed by atoms with E-state index in [9.17, 15) is 9.59 Å². The maximum absolute atomic E-state index is 12.9. The molecule has 6 nitrogen and oxygen atoms in total. The van der Waals surface area contributed by atoms with Crippen molar-refractivity contribution in [2.45, 2.75) is 6.42 Å². The lowest BCUT2D eigenvalue weighted by atomic mass is 9.90. The van der Waals surface area contributed by atoms with Gasteiger partial charge in [0.05, 0.1) is 31.0 Å². The Morgan fingerprint density at radius 2 is 1.54 bits per heavy atom. The van der Waals surface area contributed by atoms with Crippen molar-refractivity contribution in [3.05, 3.63) is 64.9 Å². The zero-order valence-corrected chi connectivity index (χ0v) is 14.7. The van der Waals surface area contributed by atoms with Gasteiger partial charge in [0.1, 0.15) is 11.5 Å². The lowest BCUT2D eigenvalue weighted by Gasteiger charge is -2.20. The molecule has 2 aromatic rings. The van der Waals surface area contributed by atoms with Crippen molar-refractivity contribution in [3.63, 3.8) is 0 Å². The summed E-state index contributed by atoms with van der Waals surface area (Å²) in [5, 5.41) is 3.06. The molecule has 0 saturated heterocycles. The van der Waals surface area contributed by atoms with Gasteiger partial charge in [-0.15, -0.1) is 0 Å². The molecule has 0 radical (unpaired) electrons. The fourth-order valence-corrected chi connectivity index (χ4v) is 2.94. The van der Waals surface area contributed by atoms with Crippen LogP contribution in [0.1, 0.15) is 26.3 Å². The van der Waals surface area contributed by atoms with Gasteiger partial charge in [-0.1, -0.05) is 12.1 Å². The summed E-state index contributed by atoms with van der Waals surface area (Å²) < 4.78 is 10.5. The molecule has 3 N–H and O–H groups in total. The van der Waals surface area contributed by atoms with Crippen LogP contribution < -0.4 is 20.5 Å². The van der Waals surface area contributed by atoms with E-state index in [0.29, 0.717) is 30.2 Å². The molecule has 0 heterocycles. The van der Waals surface area contributed by atoms with Crippen molar-refractivity contribution in [2.24, 2.45) is 0 Å². The van der Waals surface area contributed by atoms with Gasteiger partial charge in [-0.25, -0.2) is 0 Å². The minimum atomic E-state index is -0.287. The number of ether oxygens (including phenoxy) is 2. The number of methoxy groups -OCH3 is 2. The number of hydrogen-bond acceptors (Lipinski definition) is 6. The largest absolute Gasteiger partial charge is 0.496 e. The molecule has 0 saturated carbocycles. The maximum Gasteiger partial charge on any atom is 0.213 e. The summed E-state index contributed by atoms with van der Waals surface area (Å²) in [7, 11) is 2.93. The van der Waals surface area contributed by atoms with Crippen LogP contribution in [0.5, 0.6) is 11.5 Å². The van der Waals surface area contributed by atoms with Crippen LogP contribution in [0.25, 0.3) is 0 Å². The SMILES string of the molecule is COc1ccc(OC)c2c1C(=O)C=C(NCCc1ccc(N)cc1)C2=O. The first-order valence-electron chi connectivity index (χ1n) is 8.19. The first-order valence-corrected chi connectivity index (χ1v) is 8.19. The van der Waals surface area contributed by atoms with Gasteiger partial charge in [-0.3, -0.25) is 9.59 Å². The van der Waals surface area contributed by atoms with E-state index in [0.717, 1.165) is 5.56 Å². The number of allylic oxidation sites excluding steroid dienone is 2. The van der Waals surface area contributed by atoms with Crippen LogP contribution in [0.4, 0.5) is 5.69 Å². The first-order chi connectivity index (χ1) is 12.5. The molecule has 0 spiro atoms. The molecular weight excluding hydrogens is 332 g/mol. The molecule has 134 valence electrons. The lowest BCUT2D eigenvalue weighted by molar-refractivity contribution is 0.0973. The number of anilines is 1. The second-order valence-electron chi connectivity index (χ2n) is 5.89. The van der Waals surface area contributed by atoms with Gasteiger partial charge in [0.15, 0.2) is 5.78 Å². The van der Waals surface area contributed by atoms with Crippen LogP contribution in [-0.2, 0) is 6.42 Å². The van der Waals surface area contributed by atoms with E-state index in [1.54, 1.807) is 12.1 Å². The summed E-state index contributed by atoms with van der Waals surface area (Å²) in [6.45, 7) is 0.510. The first kappa shape index (κ1) is 17.5. The van der Waals surface area contributed by atoms with Gasteiger partial charge in [-0.2, -0.15) is 0 Å². The monoisotopic (exact) mass is 352 g/mol. The predicted molar refractivity (Wildman–Crippen MR) is 98.9 cm³/mol. The number of rotatable bonds is 6. The normalized spacial score (nSPS) is 13.1. The number of carbonyl (C=O) groups excluding carboxylic acids is 2. The third-order valence-corrected chi connectivity index (χ3v) is 4.27. The Balaban J connectivity index is 1.80. The molecule has 26 heavy (non-hydrogen) atoms. The van der Waals surface area contributed by atoms with Gasteiger partial charge >= 0.3 is 0 Å². The minimum absolute atomic E-state index is 0.231. The predicted octanol–water partition coefficient (Wildman–Crippen LogP) is 2.38. The molecule has 3 rings (SSSR count). The highest BCUT2D eigenvalue weighted by Gasteiger charge is 2.31. The summed E-state index contributed by atoms with van der Waals surface area (Å²) in [4.78, 5) is 25.4. The summed E-state index contributed by atoms with van der Waals surface area (Å²) in [6, 6.07) is 10.8. The molecule has 2 aromatic carbocycles. The number of Topliss-reactive ketones (excluding diaryl/α,β-unsaturated/α-hetero) is 1. The molecule has 1 aliphatic carbocycles. The second-order valence-corrected chi connectivity index (χ2v) is 5.89. The summed E-state index contributed by atoms with van der Waals surface area (Å²) in [5.74, 6) is 0.138. The van der Waals surface area contributed by atoms with Crippen LogP contribution in [0.2, 0.25) is 0 Å². The molecule has 6 heteroatoms. The molecule has 1 aliphatic rings. The van der Waals surface area contributed by atoms with E-state index < -0.39 is 0 Å². The van der Waals surface area contributed by atoms with Crippen molar-refractivity contribution in [1.82, 2.24) is 5.32 Å². The number of fused-ring (bicyclic) bond motifs is 1. The van der Waals surface area contributed by atoms with E-state index in [-0.39, 0.29) is 28.4 Å². The molecule has 0 amide bonds. The van der Waals surface area contributed by atoms with Crippen LogP contribution >= 0.6 is 0 Å². The molecular formula is C20H20N2O4. The van der Waals surface area contributed by atoms with Crippen molar-refractivity contribution >= 4 is 17.3 Å². The average molecular weight is 352 g/mol. The number of nitrogens with one attached hydrogen (secondary N) is 1. The van der Waals surface area contributed by atoms with Crippen LogP contribution in [0, 0.1) is 0 Å². The molecule has 0 bridgehead atoms.